The second-order valence-corrected chi connectivity index (χ2v) is 5.44. The van der Waals surface area contributed by atoms with Crippen LogP contribution in [0.25, 0.3) is 0 Å². The van der Waals surface area contributed by atoms with Crippen LogP contribution in [0.4, 0.5) is 0 Å². The summed E-state index contributed by atoms with van der Waals surface area (Å²) < 4.78 is 0. The van der Waals surface area contributed by atoms with Gasteiger partial charge in [0.15, 0.2) is 0 Å². The van der Waals surface area contributed by atoms with Gasteiger partial charge in [-0.2, -0.15) is 0 Å². The van der Waals surface area contributed by atoms with E-state index in [1.807, 2.05) is 0 Å². The maximum atomic E-state index is 3.60. The van der Waals surface area contributed by atoms with Crippen molar-refractivity contribution < 1.29 is 0 Å². The van der Waals surface area contributed by atoms with Gasteiger partial charge in [-0.05, 0) is 45.1 Å². The Morgan fingerprint density at radius 2 is 2.07 bits per heavy atom. The molecule has 0 aliphatic heterocycles. The summed E-state index contributed by atoms with van der Waals surface area (Å²) in [6, 6.07) is 1.55. The van der Waals surface area contributed by atoms with Crippen molar-refractivity contribution in [3.8, 4) is 0 Å². The van der Waals surface area contributed by atoms with Crippen molar-refractivity contribution in [3.05, 3.63) is 0 Å². The first-order chi connectivity index (χ1) is 6.66. The summed E-state index contributed by atoms with van der Waals surface area (Å²) in [5, 5.41) is 3.60. The molecular formula is C12H24N2. The predicted molar refractivity (Wildman–Crippen MR) is 60.4 cm³/mol. The topological polar surface area (TPSA) is 15.3 Å². The van der Waals surface area contributed by atoms with Gasteiger partial charge in [0.1, 0.15) is 0 Å². The monoisotopic (exact) mass is 196 g/mol. The summed E-state index contributed by atoms with van der Waals surface area (Å²) in [4.78, 5) is 2.52. The zero-order valence-corrected chi connectivity index (χ0v) is 9.79. The average molecular weight is 196 g/mol. The molecule has 2 saturated carbocycles. The van der Waals surface area contributed by atoms with E-state index >= 15 is 0 Å². The highest BCUT2D eigenvalue weighted by molar-refractivity contribution is 4.87. The first kappa shape index (κ1) is 10.4. The van der Waals surface area contributed by atoms with Crippen molar-refractivity contribution in [2.24, 2.45) is 11.8 Å². The first-order valence-corrected chi connectivity index (χ1v) is 6.10. The first-order valence-electron chi connectivity index (χ1n) is 6.10. The Hall–Kier alpha value is -0.0800. The van der Waals surface area contributed by atoms with Gasteiger partial charge in [0.25, 0.3) is 0 Å². The Kier molecular flexibility index (Phi) is 3.13. The summed E-state index contributed by atoms with van der Waals surface area (Å²) >= 11 is 0. The number of rotatable bonds is 6. The van der Waals surface area contributed by atoms with Crippen LogP contribution in [0.2, 0.25) is 0 Å². The fourth-order valence-electron chi connectivity index (χ4n) is 1.98. The molecule has 3 atom stereocenters. The van der Waals surface area contributed by atoms with E-state index in [9.17, 15) is 0 Å². The minimum Gasteiger partial charge on any atom is -0.312 e. The van der Waals surface area contributed by atoms with E-state index in [2.05, 4.69) is 31.1 Å². The molecule has 0 aromatic carbocycles. The van der Waals surface area contributed by atoms with Crippen LogP contribution in [0.15, 0.2) is 0 Å². The highest BCUT2D eigenvalue weighted by Crippen LogP contribution is 2.38. The highest BCUT2D eigenvalue weighted by Gasteiger charge is 2.34. The van der Waals surface area contributed by atoms with Gasteiger partial charge in [-0.3, -0.25) is 0 Å². The van der Waals surface area contributed by atoms with Crippen LogP contribution in [-0.2, 0) is 0 Å². The Bertz CT molecular complexity index is 189. The SMILES string of the molecule is CC1CC1CN(C)C(C)CNC1CC1. The van der Waals surface area contributed by atoms with Crippen LogP contribution in [0, 0.1) is 11.8 Å². The standard InChI is InChI=1S/C12H24N2/c1-9-6-11(9)8-14(3)10(2)7-13-12-4-5-12/h9-13H,4-8H2,1-3H3. The third kappa shape index (κ3) is 2.96. The summed E-state index contributed by atoms with van der Waals surface area (Å²) in [6.45, 7) is 7.17. The molecule has 0 spiro atoms. The molecule has 1 N–H and O–H groups in total. The molecule has 2 fully saturated rings. The second kappa shape index (κ2) is 4.19. The van der Waals surface area contributed by atoms with Crippen molar-refractivity contribution >= 4 is 0 Å². The van der Waals surface area contributed by atoms with Gasteiger partial charge in [-0.15, -0.1) is 0 Å². The maximum Gasteiger partial charge on any atom is 0.0189 e. The third-order valence-corrected chi connectivity index (χ3v) is 3.83. The Labute approximate surface area is 88.1 Å². The zero-order valence-electron chi connectivity index (χ0n) is 9.79. The zero-order chi connectivity index (χ0) is 10.1. The van der Waals surface area contributed by atoms with Gasteiger partial charge >= 0.3 is 0 Å². The second-order valence-electron chi connectivity index (χ2n) is 5.44. The van der Waals surface area contributed by atoms with Crippen LogP contribution in [0.1, 0.15) is 33.1 Å². The van der Waals surface area contributed by atoms with Crippen molar-refractivity contribution in [2.45, 2.75) is 45.2 Å². The lowest BCUT2D eigenvalue weighted by Crippen LogP contribution is -2.39. The summed E-state index contributed by atoms with van der Waals surface area (Å²) in [5.41, 5.74) is 0. The third-order valence-electron chi connectivity index (χ3n) is 3.83. The van der Waals surface area contributed by atoms with Crippen LogP contribution in [-0.4, -0.2) is 37.1 Å². The molecule has 2 rings (SSSR count). The van der Waals surface area contributed by atoms with Crippen molar-refractivity contribution in [2.75, 3.05) is 20.1 Å². The lowest BCUT2D eigenvalue weighted by Gasteiger charge is -2.25. The van der Waals surface area contributed by atoms with Crippen molar-refractivity contribution in [1.82, 2.24) is 10.2 Å². The molecule has 0 heterocycles. The quantitative estimate of drug-likeness (QED) is 0.696. The van der Waals surface area contributed by atoms with E-state index in [-0.39, 0.29) is 0 Å². The maximum absolute atomic E-state index is 3.60. The largest absolute Gasteiger partial charge is 0.312 e. The smallest absolute Gasteiger partial charge is 0.0189 e. The molecular weight excluding hydrogens is 172 g/mol. The average Bonchev–Trinajstić information content (AvgIpc) is 3.01. The molecule has 14 heavy (non-hydrogen) atoms. The van der Waals surface area contributed by atoms with Gasteiger partial charge < -0.3 is 10.2 Å². The number of likely N-dealkylation sites (N-methyl/N-ethyl adjacent to an activating group) is 1. The molecule has 0 radical (unpaired) electrons. The molecule has 2 nitrogen and oxygen atoms in total. The Morgan fingerprint density at radius 3 is 2.57 bits per heavy atom. The van der Waals surface area contributed by atoms with Gasteiger partial charge in [0.2, 0.25) is 0 Å². The molecule has 0 saturated heterocycles. The fraction of sp³-hybridized carbons (Fsp3) is 1.00. The van der Waals surface area contributed by atoms with Crippen LogP contribution in [0.3, 0.4) is 0 Å². The number of nitrogens with one attached hydrogen (secondary N) is 1. The Balaban J connectivity index is 1.59. The Morgan fingerprint density at radius 1 is 1.43 bits per heavy atom. The molecule has 0 aromatic rings. The predicted octanol–water partition coefficient (Wildman–Crippen LogP) is 1.71. The minimum absolute atomic E-state index is 0.698. The van der Waals surface area contributed by atoms with E-state index < -0.39 is 0 Å². The van der Waals surface area contributed by atoms with Gasteiger partial charge in [-0.1, -0.05) is 6.92 Å². The lowest BCUT2D eigenvalue weighted by atomic mass is 10.2. The van der Waals surface area contributed by atoms with E-state index in [4.69, 9.17) is 0 Å². The molecule has 2 heteroatoms. The summed E-state index contributed by atoms with van der Waals surface area (Å²) in [6.07, 6.45) is 4.25. The normalized spacial score (nSPS) is 33.4. The van der Waals surface area contributed by atoms with Crippen LogP contribution >= 0.6 is 0 Å². The van der Waals surface area contributed by atoms with Crippen molar-refractivity contribution in [1.29, 1.82) is 0 Å². The highest BCUT2D eigenvalue weighted by atomic mass is 15.2. The summed E-state index contributed by atoms with van der Waals surface area (Å²) in [7, 11) is 2.27. The molecule has 2 aliphatic carbocycles. The molecule has 82 valence electrons. The summed E-state index contributed by atoms with van der Waals surface area (Å²) in [5.74, 6) is 1.98. The lowest BCUT2D eigenvalue weighted by molar-refractivity contribution is 0.237. The van der Waals surface area contributed by atoms with E-state index in [0.29, 0.717) is 6.04 Å². The fourth-order valence-corrected chi connectivity index (χ4v) is 1.98. The number of hydrogen-bond acceptors (Lipinski definition) is 2. The van der Waals surface area contributed by atoms with Crippen LogP contribution < -0.4 is 5.32 Å². The van der Waals surface area contributed by atoms with Gasteiger partial charge in [0.05, 0.1) is 0 Å². The van der Waals surface area contributed by atoms with Gasteiger partial charge in [0, 0.05) is 25.2 Å². The number of nitrogens with zero attached hydrogens (tertiary/aromatic N) is 1. The van der Waals surface area contributed by atoms with Crippen molar-refractivity contribution in [3.63, 3.8) is 0 Å². The number of hydrogen-bond donors (Lipinski definition) is 1. The van der Waals surface area contributed by atoms with E-state index in [1.165, 1.54) is 32.4 Å². The van der Waals surface area contributed by atoms with Crippen LogP contribution in [0.5, 0.6) is 0 Å². The van der Waals surface area contributed by atoms with E-state index in [0.717, 1.165) is 17.9 Å². The van der Waals surface area contributed by atoms with Gasteiger partial charge in [-0.25, -0.2) is 0 Å². The molecule has 0 amide bonds. The molecule has 2 aliphatic rings. The minimum atomic E-state index is 0.698. The molecule has 0 aromatic heterocycles. The molecule has 3 unspecified atom stereocenters. The van der Waals surface area contributed by atoms with E-state index in [1.54, 1.807) is 0 Å². The molecule has 0 bridgehead atoms.